The number of para-hydroxylation sites is 1. The van der Waals surface area contributed by atoms with Crippen LogP contribution in [0.15, 0.2) is 48.5 Å². The Kier molecular flexibility index (Phi) is 6.18. The fraction of sp³-hybridized carbons (Fsp3) is 0.286. The Bertz CT molecular complexity index is 864. The maximum atomic E-state index is 12.7. The van der Waals surface area contributed by atoms with E-state index < -0.39 is 0 Å². The summed E-state index contributed by atoms with van der Waals surface area (Å²) in [5.74, 6) is -0.238. The van der Waals surface area contributed by atoms with Crippen LogP contribution in [0.2, 0.25) is 0 Å². The standard InChI is InChI=1S/C21H22N4O2/c22-15-16-5-3-7-18(13-16)21(27)24-19-8-2-1-6-17(19)14-20(26)25-11-4-9-23-10-12-25/h1-3,5-8,13,23H,4,9-12,14H2,(H,24,27). The number of hydrogen-bond donors (Lipinski definition) is 2. The largest absolute Gasteiger partial charge is 0.341 e. The first-order valence-electron chi connectivity index (χ1n) is 9.05. The highest BCUT2D eigenvalue weighted by molar-refractivity contribution is 6.05. The zero-order valence-electron chi connectivity index (χ0n) is 15.1. The Morgan fingerprint density at radius 1 is 1.11 bits per heavy atom. The van der Waals surface area contributed by atoms with Crippen LogP contribution in [0.3, 0.4) is 0 Å². The lowest BCUT2D eigenvalue weighted by Crippen LogP contribution is -2.35. The maximum absolute atomic E-state index is 12.7. The zero-order chi connectivity index (χ0) is 19.1. The molecule has 0 saturated carbocycles. The predicted octanol–water partition coefficient (Wildman–Crippen LogP) is 2.17. The van der Waals surface area contributed by atoms with Crippen molar-refractivity contribution in [1.29, 1.82) is 5.26 Å². The smallest absolute Gasteiger partial charge is 0.255 e. The minimum absolute atomic E-state index is 0.0619. The van der Waals surface area contributed by atoms with E-state index in [0.29, 0.717) is 23.4 Å². The molecule has 2 amide bonds. The Morgan fingerprint density at radius 2 is 1.96 bits per heavy atom. The van der Waals surface area contributed by atoms with Gasteiger partial charge in [0.25, 0.3) is 5.91 Å². The minimum atomic E-state index is -0.300. The number of nitriles is 1. The lowest BCUT2D eigenvalue weighted by molar-refractivity contribution is -0.130. The van der Waals surface area contributed by atoms with Crippen LogP contribution < -0.4 is 10.6 Å². The van der Waals surface area contributed by atoms with Crippen LogP contribution in [-0.2, 0) is 11.2 Å². The highest BCUT2D eigenvalue weighted by Crippen LogP contribution is 2.18. The van der Waals surface area contributed by atoms with Crippen LogP contribution in [-0.4, -0.2) is 42.9 Å². The van der Waals surface area contributed by atoms with Crippen molar-refractivity contribution in [1.82, 2.24) is 10.2 Å². The molecule has 2 aromatic rings. The Balaban J connectivity index is 1.72. The van der Waals surface area contributed by atoms with Crippen molar-refractivity contribution in [2.75, 3.05) is 31.5 Å². The summed E-state index contributed by atoms with van der Waals surface area (Å²) in [6, 6.07) is 15.9. The number of hydrogen-bond acceptors (Lipinski definition) is 4. The van der Waals surface area contributed by atoms with E-state index in [4.69, 9.17) is 5.26 Å². The van der Waals surface area contributed by atoms with E-state index in [9.17, 15) is 9.59 Å². The molecule has 0 bridgehead atoms. The number of nitrogens with zero attached hydrogens (tertiary/aromatic N) is 2. The SMILES string of the molecule is N#Cc1cccc(C(=O)Nc2ccccc2CC(=O)N2CCCNCC2)c1. The summed E-state index contributed by atoms with van der Waals surface area (Å²) >= 11 is 0. The van der Waals surface area contributed by atoms with Crippen LogP contribution in [0.25, 0.3) is 0 Å². The Hall–Kier alpha value is -3.17. The third-order valence-corrected chi connectivity index (χ3v) is 4.55. The second kappa shape index (κ2) is 8.97. The van der Waals surface area contributed by atoms with Gasteiger partial charge in [-0.25, -0.2) is 0 Å². The van der Waals surface area contributed by atoms with Gasteiger partial charge in [-0.2, -0.15) is 5.26 Å². The van der Waals surface area contributed by atoms with Gasteiger partial charge in [0, 0.05) is 30.9 Å². The zero-order valence-corrected chi connectivity index (χ0v) is 15.1. The van der Waals surface area contributed by atoms with Gasteiger partial charge in [0.2, 0.25) is 5.91 Å². The molecule has 1 saturated heterocycles. The molecule has 27 heavy (non-hydrogen) atoms. The maximum Gasteiger partial charge on any atom is 0.255 e. The first-order valence-corrected chi connectivity index (χ1v) is 9.05. The molecule has 1 heterocycles. The average molecular weight is 362 g/mol. The number of nitrogens with one attached hydrogen (secondary N) is 2. The van der Waals surface area contributed by atoms with Crippen molar-refractivity contribution >= 4 is 17.5 Å². The Labute approximate surface area is 158 Å². The topological polar surface area (TPSA) is 85.2 Å². The summed E-state index contributed by atoms with van der Waals surface area (Å²) in [5, 5.41) is 15.1. The molecule has 0 atom stereocenters. The molecule has 1 fully saturated rings. The van der Waals surface area contributed by atoms with Gasteiger partial charge in [0.05, 0.1) is 18.1 Å². The average Bonchev–Trinajstić information content (AvgIpc) is 2.99. The van der Waals surface area contributed by atoms with Gasteiger partial charge in [0.1, 0.15) is 0 Å². The van der Waals surface area contributed by atoms with Crippen molar-refractivity contribution in [2.45, 2.75) is 12.8 Å². The van der Waals surface area contributed by atoms with Crippen LogP contribution in [0.5, 0.6) is 0 Å². The van der Waals surface area contributed by atoms with Crippen LogP contribution >= 0.6 is 0 Å². The molecule has 3 rings (SSSR count). The van der Waals surface area contributed by atoms with Crippen molar-refractivity contribution < 1.29 is 9.59 Å². The highest BCUT2D eigenvalue weighted by Gasteiger charge is 2.18. The molecule has 0 aliphatic carbocycles. The van der Waals surface area contributed by atoms with E-state index in [1.54, 1.807) is 30.3 Å². The van der Waals surface area contributed by atoms with Crippen molar-refractivity contribution in [3.63, 3.8) is 0 Å². The summed E-state index contributed by atoms with van der Waals surface area (Å²) < 4.78 is 0. The first-order chi connectivity index (χ1) is 13.2. The molecule has 6 nitrogen and oxygen atoms in total. The number of rotatable bonds is 4. The summed E-state index contributed by atoms with van der Waals surface area (Å²) in [4.78, 5) is 27.1. The molecule has 6 heteroatoms. The molecule has 0 unspecified atom stereocenters. The van der Waals surface area contributed by atoms with E-state index in [1.807, 2.05) is 29.2 Å². The number of carbonyl (C=O) groups is 2. The van der Waals surface area contributed by atoms with Crippen molar-refractivity contribution in [3.8, 4) is 6.07 Å². The molecular formula is C21H22N4O2. The number of anilines is 1. The third kappa shape index (κ3) is 4.93. The summed E-state index contributed by atoms with van der Waals surface area (Å²) in [6.45, 7) is 3.19. The van der Waals surface area contributed by atoms with E-state index in [-0.39, 0.29) is 18.2 Å². The molecule has 1 aliphatic heterocycles. The predicted molar refractivity (Wildman–Crippen MR) is 103 cm³/mol. The molecule has 2 N–H and O–H groups in total. The van der Waals surface area contributed by atoms with Crippen molar-refractivity contribution in [3.05, 3.63) is 65.2 Å². The molecule has 0 spiro atoms. The van der Waals surface area contributed by atoms with Gasteiger partial charge < -0.3 is 15.5 Å². The van der Waals surface area contributed by atoms with Gasteiger partial charge >= 0.3 is 0 Å². The van der Waals surface area contributed by atoms with E-state index in [1.165, 1.54) is 0 Å². The van der Waals surface area contributed by atoms with Gasteiger partial charge in [-0.3, -0.25) is 9.59 Å². The van der Waals surface area contributed by atoms with E-state index in [0.717, 1.165) is 31.6 Å². The van der Waals surface area contributed by atoms with E-state index in [2.05, 4.69) is 10.6 Å². The molecular weight excluding hydrogens is 340 g/mol. The summed E-state index contributed by atoms with van der Waals surface area (Å²) in [6.07, 6.45) is 1.19. The van der Waals surface area contributed by atoms with Crippen molar-refractivity contribution in [2.24, 2.45) is 0 Å². The highest BCUT2D eigenvalue weighted by atomic mass is 16.2. The quantitative estimate of drug-likeness (QED) is 0.873. The molecule has 0 radical (unpaired) electrons. The molecule has 0 aromatic heterocycles. The molecule has 1 aliphatic rings. The summed E-state index contributed by atoms with van der Waals surface area (Å²) in [5.41, 5.74) is 2.24. The summed E-state index contributed by atoms with van der Waals surface area (Å²) in [7, 11) is 0. The first kappa shape index (κ1) is 18.6. The van der Waals surface area contributed by atoms with Gasteiger partial charge in [-0.15, -0.1) is 0 Å². The lowest BCUT2D eigenvalue weighted by Gasteiger charge is -2.21. The van der Waals surface area contributed by atoms with Crippen LogP contribution in [0, 0.1) is 11.3 Å². The second-order valence-electron chi connectivity index (χ2n) is 6.46. The van der Waals surface area contributed by atoms with E-state index >= 15 is 0 Å². The minimum Gasteiger partial charge on any atom is -0.341 e. The fourth-order valence-electron chi connectivity index (χ4n) is 3.09. The lowest BCUT2D eigenvalue weighted by atomic mass is 10.1. The molecule has 2 aromatic carbocycles. The third-order valence-electron chi connectivity index (χ3n) is 4.55. The molecule has 138 valence electrons. The number of amides is 2. The number of carbonyl (C=O) groups excluding carboxylic acids is 2. The monoisotopic (exact) mass is 362 g/mol. The van der Waals surface area contributed by atoms with Crippen LogP contribution in [0.1, 0.15) is 27.9 Å². The van der Waals surface area contributed by atoms with Gasteiger partial charge in [-0.05, 0) is 42.8 Å². The van der Waals surface area contributed by atoms with Crippen LogP contribution in [0.4, 0.5) is 5.69 Å². The Morgan fingerprint density at radius 3 is 2.81 bits per heavy atom. The van der Waals surface area contributed by atoms with Gasteiger partial charge in [0.15, 0.2) is 0 Å². The van der Waals surface area contributed by atoms with Gasteiger partial charge in [-0.1, -0.05) is 24.3 Å². The number of benzene rings is 2. The fourth-order valence-corrected chi connectivity index (χ4v) is 3.09. The second-order valence-corrected chi connectivity index (χ2v) is 6.46. The normalized spacial score (nSPS) is 14.1.